The van der Waals surface area contributed by atoms with E-state index in [1.165, 1.54) is 4.90 Å². The van der Waals surface area contributed by atoms with E-state index in [1.807, 2.05) is 6.07 Å². The highest BCUT2D eigenvalue weighted by atomic mass is 79.9. The van der Waals surface area contributed by atoms with Crippen LogP contribution in [-0.2, 0) is 16.0 Å². The third kappa shape index (κ3) is 4.90. The third-order valence-corrected chi connectivity index (χ3v) is 3.46. The van der Waals surface area contributed by atoms with Crippen molar-refractivity contribution in [3.63, 3.8) is 0 Å². The van der Waals surface area contributed by atoms with Crippen LogP contribution in [0.5, 0.6) is 5.75 Å². The van der Waals surface area contributed by atoms with Crippen molar-refractivity contribution < 1.29 is 19.4 Å². The molecule has 1 amide bonds. The van der Waals surface area contributed by atoms with E-state index in [0.717, 1.165) is 10.0 Å². The van der Waals surface area contributed by atoms with Crippen LogP contribution in [-0.4, -0.2) is 42.6 Å². The summed E-state index contributed by atoms with van der Waals surface area (Å²) in [5.74, 6) is -0.364. The summed E-state index contributed by atoms with van der Waals surface area (Å²) in [5, 5.41) is 8.58. The fourth-order valence-electron chi connectivity index (χ4n) is 1.50. The second-order valence-electron chi connectivity index (χ2n) is 4.09. The minimum atomic E-state index is -0.915. The summed E-state index contributed by atoms with van der Waals surface area (Å²) in [6, 6.07) is 5.40. The average Bonchev–Trinajstić information content (AvgIpc) is 2.38. The molecule has 19 heavy (non-hydrogen) atoms. The molecule has 0 aliphatic heterocycles. The van der Waals surface area contributed by atoms with E-state index >= 15 is 0 Å². The van der Waals surface area contributed by atoms with E-state index in [4.69, 9.17) is 9.84 Å². The number of likely N-dealkylation sites (N-methyl/N-ethyl adjacent to an activating group) is 1. The van der Waals surface area contributed by atoms with Gasteiger partial charge >= 0.3 is 5.97 Å². The lowest BCUT2D eigenvalue weighted by atomic mass is 10.1. The molecule has 0 atom stereocenters. The normalized spacial score (nSPS) is 10.1. The first-order valence-electron chi connectivity index (χ1n) is 5.72. The quantitative estimate of drug-likeness (QED) is 0.866. The average molecular weight is 330 g/mol. The highest BCUT2D eigenvalue weighted by Crippen LogP contribution is 2.23. The number of nitrogens with zero attached hydrogens (tertiary/aromatic N) is 1. The molecule has 0 bridgehead atoms. The molecule has 0 aliphatic rings. The van der Waals surface area contributed by atoms with Gasteiger partial charge in [0.05, 0.1) is 20.0 Å². The van der Waals surface area contributed by atoms with Gasteiger partial charge in [-0.25, -0.2) is 0 Å². The standard InChI is InChI=1S/C13H16BrNO4/c1-15(6-5-13(17)18)12(16)8-9-7-10(19-2)3-4-11(9)14/h3-4,7H,5-6,8H2,1-2H3,(H,17,18). The van der Waals surface area contributed by atoms with Crippen LogP contribution >= 0.6 is 15.9 Å². The molecule has 5 nitrogen and oxygen atoms in total. The van der Waals surface area contributed by atoms with Crippen LogP contribution in [0.1, 0.15) is 12.0 Å². The Bertz CT molecular complexity index is 476. The molecule has 1 aromatic carbocycles. The minimum absolute atomic E-state index is 0.0540. The SMILES string of the molecule is COc1ccc(Br)c(CC(=O)N(C)CCC(=O)O)c1. The predicted molar refractivity (Wildman–Crippen MR) is 74.3 cm³/mol. The van der Waals surface area contributed by atoms with E-state index in [2.05, 4.69) is 15.9 Å². The van der Waals surface area contributed by atoms with Crippen molar-refractivity contribution in [1.29, 1.82) is 0 Å². The molecule has 0 aliphatic carbocycles. The molecular weight excluding hydrogens is 314 g/mol. The molecule has 6 heteroatoms. The summed E-state index contributed by atoms with van der Waals surface area (Å²) in [5.41, 5.74) is 0.812. The fourth-order valence-corrected chi connectivity index (χ4v) is 1.89. The van der Waals surface area contributed by atoms with Crippen molar-refractivity contribution in [2.24, 2.45) is 0 Å². The highest BCUT2D eigenvalue weighted by molar-refractivity contribution is 9.10. The number of rotatable bonds is 6. The third-order valence-electron chi connectivity index (χ3n) is 2.68. The number of carbonyl (C=O) groups excluding carboxylic acids is 1. The van der Waals surface area contributed by atoms with E-state index < -0.39 is 5.97 Å². The largest absolute Gasteiger partial charge is 0.497 e. The maximum Gasteiger partial charge on any atom is 0.305 e. The number of carboxylic acids is 1. The number of aliphatic carboxylic acids is 1. The Labute approximate surface area is 120 Å². The predicted octanol–water partition coefficient (Wildman–Crippen LogP) is 1.93. The second kappa shape index (κ2) is 7.13. The summed E-state index contributed by atoms with van der Waals surface area (Å²) in [4.78, 5) is 23.8. The van der Waals surface area contributed by atoms with E-state index in [9.17, 15) is 9.59 Å². The molecule has 104 valence electrons. The molecule has 1 N–H and O–H groups in total. The molecule has 0 saturated carbocycles. The number of carbonyl (C=O) groups is 2. The Hall–Kier alpha value is -1.56. The smallest absolute Gasteiger partial charge is 0.305 e. The Morgan fingerprint density at radius 3 is 2.68 bits per heavy atom. The van der Waals surface area contributed by atoms with Gasteiger partial charge in [-0.05, 0) is 23.8 Å². The van der Waals surface area contributed by atoms with Crippen LogP contribution in [0.2, 0.25) is 0 Å². The number of amides is 1. The van der Waals surface area contributed by atoms with Crippen molar-refractivity contribution in [2.45, 2.75) is 12.8 Å². The van der Waals surface area contributed by atoms with Crippen LogP contribution in [0.4, 0.5) is 0 Å². The second-order valence-corrected chi connectivity index (χ2v) is 4.95. The lowest BCUT2D eigenvalue weighted by Crippen LogP contribution is -2.30. The van der Waals surface area contributed by atoms with Gasteiger partial charge in [0.25, 0.3) is 0 Å². The van der Waals surface area contributed by atoms with E-state index in [-0.39, 0.29) is 25.3 Å². The van der Waals surface area contributed by atoms with E-state index in [0.29, 0.717) is 5.75 Å². The van der Waals surface area contributed by atoms with Crippen LogP contribution in [0.15, 0.2) is 22.7 Å². The Balaban J connectivity index is 2.68. The van der Waals surface area contributed by atoms with Crippen molar-refractivity contribution in [2.75, 3.05) is 20.7 Å². The summed E-state index contributed by atoms with van der Waals surface area (Å²) in [7, 11) is 3.16. The van der Waals surface area contributed by atoms with Gasteiger partial charge in [-0.15, -0.1) is 0 Å². The van der Waals surface area contributed by atoms with Crippen LogP contribution < -0.4 is 4.74 Å². The number of benzene rings is 1. The zero-order valence-electron chi connectivity index (χ0n) is 10.9. The van der Waals surface area contributed by atoms with Gasteiger partial charge in [0.15, 0.2) is 0 Å². The Morgan fingerprint density at radius 2 is 2.11 bits per heavy atom. The van der Waals surface area contributed by atoms with Gasteiger partial charge in [0.1, 0.15) is 5.75 Å². The first-order valence-corrected chi connectivity index (χ1v) is 6.51. The number of carboxylic acid groups (broad SMARTS) is 1. The molecule has 0 saturated heterocycles. The fraction of sp³-hybridized carbons (Fsp3) is 0.385. The van der Waals surface area contributed by atoms with Gasteiger partial charge in [-0.3, -0.25) is 9.59 Å². The lowest BCUT2D eigenvalue weighted by molar-refractivity contribution is -0.138. The zero-order valence-corrected chi connectivity index (χ0v) is 12.4. The summed E-state index contributed by atoms with van der Waals surface area (Å²) in [6.45, 7) is 0.204. The molecule has 0 aromatic heterocycles. The summed E-state index contributed by atoms with van der Waals surface area (Å²) in [6.07, 6.45) is 0.148. The van der Waals surface area contributed by atoms with Crippen LogP contribution in [0, 0.1) is 0 Å². The molecule has 0 fully saturated rings. The minimum Gasteiger partial charge on any atom is -0.497 e. The summed E-state index contributed by atoms with van der Waals surface area (Å²) >= 11 is 3.38. The van der Waals surface area contributed by atoms with Crippen molar-refractivity contribution in [1.82, 2.24) is 4.90 Å². The van der Waals surface area contributed by atoms with Crippen LogP contribution in [0.3, 0.4) is 0 Å². The molecule has 0 radical (unpaired) electrons. The van der Waals surface area contributed by atoms with Crippen molar-refractivity contribution >= 4 is 27.8 Å². The number of hydrogen-bond donors (Lipinski definition) is 1. The first kappa shape index (κ1) is 15.5. The maximum atomic E-state index is 11.9. The molecular formula is C13H16BrNO4. The Morgan fingerprint density at radius 1 is 1.42 bits per heavy atom. The number of ether oxygens (including phenoxy) is 1. The van der Waals surface area contributed by atoms with Gasteiger partial charge in [-0.1, -0.05) is 15.9 Å². The van der Waals surface area contributed by atoms with Gasteiger partial charge in [0.2, 0.25) is 5.91 Å². The molecule has 1 aromatic rings. The van der Waals surface area contributed by atoms with Crippen molar-refractivity contribution in [3.05, 3.63) is 28.2 Å². The molecule has 0 unspecified atom stereocenters. The monoisotopic (exact) mass is 329 g/mol. The van der Waals surface area contributed by atoms with E-state index in [1.54, 1.807) is 26.3 Å². The van der Waals surface area contributed by atoms with Crippen molar-refractivity contribution in [3.8, 4) is 5.75 Å². The molecule has 0 heterocycles. The van der Waals surface area contributed by atoms with Gasteiger partial charge < -0.3 is 14.7 Å². The number of hydrogen-bond acceptors (Lipinski definition) is 3. The maximum absolute atomic E-state index is 11.9. The van der Waals surface area contributed by atoms with Gasteiger partial charge in [0, 0.05) is 18.1 Å². The number of halogens is 1. The van der Waals surface area contributed by atoms with Gasteiger partial charge in [-0.2, -0.15) is 0 Å². The topological polar surface area (TPSA) is 66.8 Å². The summed E-state index contributed by atoms with van der Waals surface area (Å²) < 4.78 is 5.93. The van der Waals surface area contributed by atoms with Crippen LogP contribution in [0.25, 0.3) is 0 Å². The highest BCUT2D eigenvalue weighted by Gasteiger charge is 2.13. The zero-order chi connectivity index (χ0) is 14.4. The molecule has 1 rings (SSSR count). The number of methoxy groups -OCH3 is 1. The first-order chi connectivity index (χ1) is 8.93. The lowest BCUT2D eigenvalue weighted by Gasteiger charge is -2.16. The molecule has 0 spiro atoms. The Kier molecular flexibility index (Phi) is 5.82.